The van der Waals surface area contributed by atoms with Gasteiger partial charge in [-0.15, -0.1) is 0 Å². The predicted molar refractivity (Wildman–Crippen MR) is 71.7 cm³/mol. The summed E-state index contributed by atoms with van der Waals surface area (Å²) in [4.78, 5) is 28.7. The number of methoxy groups -OCH3 is 1. The Morgan fingerprint density at radius 1 is 1.40 bits per heavy atom. The number of pyridine rings is 1. The molecule has 0 bridgehead atoms. The molecule has 1 aliphatic rings. The Labute approximate surface area is 117 Å². The number of aromatic carboxylic acids is 1. The summed E-state index contributed by atoms with van der Waals surface area (Å²) < 4.78 is 5.13. The Morgan fingerprint density at radius 3 is 2.60 bits per heavy atom. The molecule has 6 nitrogen and oxygen atoms in total. The molecule has 2 rings (SSSR count). The fourth-order valence-corrected chi connectivity index (χ4v) is 2.35. The van der Waals surface area contributed by atoms with E-state index in [1.807, 2.05) is 0 Å². The summed E-state index contributed by atoms with van der Waals surface area (Å²) in [7, 11) is 1.69. The fourth-order valence-electron chi connectivity index (χ4n) is 2.35. The number of nitrogens with zero attached hydrogens (tertiary/aromatic N) is 2. The average Bonchev–Trinajstić information content (AvgIpc) is 2.48. The third kappa shape index (κ3) is 3.33. The second kappa shape index (κ2) is 6.47. The first-order valence-electron chi connectivity index (χ1n) is 6.59. The predicted octanol–water partition coefficient (Wildman–Crippen LogP) is 1.28. The van der Waals surface area contributed by atoms with Crippen LogP contribution in [-0.2, 0) is 4.74 Å². The highest BCUT2D eigenvalue weighted by molar-refractivity contribution is 5.93. The van der Waals surface area contributed by atoms with E-state index in [4.69, 9.17) is 9.84 Å². The monoisotopic (exact) mass is 278 g/mol. The summed E-state index contributed by atoms with van der Waals surface area (Å²) in [5.41, 5.74) is 0.376. The number of aromatic nitrogens is 1. The van der Waals surface area contributed by atoms with Crippen molar-refractivity contribution < 1.29 is 19.4 Å². The lowest BCUT2D eigenvalue weighted by molar-refractivity contribution is 0.0606. The van der Waals surface area contributed by atoms with Crippen LogP contribution in [0.1, 0.15) is 33.7 Å². The average molecular weight is 278 g/mol. The number of ether oxygens (including phenoxy) is 1. The Hall–Kier alpha value is -1.95. The highest BCUT2D eigenvalue weighted by atomic mass is 16.5. The highest BCUT2D eigenvalue weighted by Gasteiger charge is 2.24. The smallest absolute Gasteiger partial charge is 0.337 e. The van der Waals surface area contributed by atoms with Crippen molar-refractivity contribution in [1.82, 2.24) is 9.88 Å². The maximum atomic E-state index is 12.2. The lowest BCUT2D eigenvalue weighted by Gasteiger charge is -2.31. The summed E-state index contributed by atoms with van der Waals surface area (Å²) in [5.74, 6) is -0.680. The summed E-state index contributed by atoms with van der Waals surface area (Å²) in [6.45, 7) is 2.11. The van der Waals surface area contributed by atoms with Crippen LogP contribution in [0.4, 0.5) is 0 Å². The molecular weight excluding hydrogens is 260 g/mol. The van der Waals surface area contributed by atoms with Crippen LogP contribution < -0.4 is 0 Å². The molecule has 6 heteroatoms. The van der Waals surface area contributed by atoms with Crippen LogP contribution in [0, 0.1) is 5.92 Å². The molecule has 1 N–H and O–H groups in total. The molecule has 0 radical (unpaired) electrons. The third-order valence-corrected chi connectivity index (χ3v) is 3.53. The van der Waals surface area contributed by atoms with Gasteiger partial charge in [0.15, 0.2) is 0 Å². The van der Waals surface area contributed by atoms with Gasteiger partial charge in [-0.05, 0) is 30.9 Å². The van der Waals surface area contributed by atoms with E-state index in [9.17, 15) is 9.59 Å². The second-order valence-corrected chi connectivity index (χ2v) is 4.93. The van der Waals surface area contributed by atoms with E-state index >= 15 is 0 Å². The van der Waals surface area contributed by atoms with Gasteiger partial charge in [0.2, 0.25) is 0 Å². The van der Waals surface area contributed by atoms with Gasteiger partial charge in [-0.1, -0.05) is 0 Å². The number of carbonyl (C=O) groups is 2. The third-order valence-electron chi connectivity index (χ3n) is 3.53. The molecule has 20 heavy (non-hydrogen) atoms. The Bertz CT molecular complexity index is 478. The lowest BCUT2D eigenvalue weighted by atomic mass is 9.97. The van der Waals surface area contributed by atoms with Gasteiger partial charge in [-0.3, -0.25) is 9.78 Å². The van der Waals surface area contributed by atoms with Crippen molar-refractivity contribution in [2.24, 2.45) is 5.92 Å². The first-order chi connectivity index (χ1) is 9.61. The van der Waals surface area contributed by atoms with E-state index in [-0.39, 0.29) is 11.5 Å². The number of hydrogen-bond acceptors (Lipinski definition) is 4. The maximum absolute atomic E-state index is 12.2. The minimum Gasteiger partial charge on any atom is -0.478 e. The summed E-state index contributed by atoms with van der Waals surface area (Å²) in [5, 5.41) is 8.80. The van der Waals surface area contributed by atoms with E-state index in [1.54, 1.807) is 12.0 Å². The van der Waals surface area contributed by atoms with Crippen LogP contribution in [0.3, 0.4) is 0 Å². The second-order valence-electron chi connectivity index (χ2n) is 4.93. The SMILES string of the molecule is COCC1CCN(C(=O)c2ccc(C(=O)O)cn2)CC1. The van der Waals surface area contributed by atoms with Crippen molar-refractivity contribution in [3.8, 4) is 0 Å². The van der Waals surface area contributed by atoms with Crippen molar-refractivity contribution in [3.63, 3.8) is 0 Å². The molecule has 0 saturated carbocycles. The van der Waals surface area contributed by atoms with Gasteiger partial charge in [-0.2, -0.15) is 0 Å². The Kier molecular flexibility index (Phi) is 4.68. The molecule has 0 spiro atoms. The molecule has 0 atom stereocenters. The molecule has 0 aliphatic carbocycles. The van der Waals surface area contributed by atoms with Crippen molar-refractivity contribution >= 4 is 11.9 Å². The van der Waals surface area contributed by atoms with Crippen LogP contribution in [0.5, 0.6) is 0 Å². The Balaban J connectivity index is 1.96. The quantitative estimate of drug-likeness (QED) is 0.897. The van der Waals surface area contributed by atoms with Gasteiger partial charge in [-0.25, -0.2) is 4.79 Å². The van der Waals surface area contributed by atoms with E-state index in [0.29, 0.717) is 24.7 Å². The molecule has 0 unspecified atom stereocenters. The standard InChI is InChI=1S/C14H18N2O4/c1-20-9-10-4-6-16(7-5-10)13(17)12-3-2-11(8-15-12)14(18)19/h2-3,8,10H,4-7,9H2,1H3,(H,18,19). The van der Waals surface area contributed by atoms with Crippen LogP contribution in [0.15, 0.2) is 18.3 Å². The van der Waals surface area contributed by atoms with Crippen molar-refractivity contribution in [2.45, 2.75) is 12.8 Å². The number of rotatable bonds is 4. The molecular formula is C14H18N2O4. The van der Waals surface area contributed by atoms with E-state index in [2.05, 4.69) is 4.98 Å². The molecule has 108 valence electrons. The molecule has 1 fully saturated rings. The normalized spacial score (nSPS) is 16.1. The minimum atomic E-state index is -1.04. The number of carbonyl (C=O) groups excluding carboxylic acids is 1. The number of likely N-dealkylation sites (tertiary alicyclic amines) is 1. The fraction of sp³-hybridized carbons (Fsp3) is 0.500. The maximum Gasteiger partial charge on any atom is 0.337 e. The highest BCUT2D eigenvalue weighted by Crippen LogP contribution is 2.18. The van der Waals surface area contributed by atoms with Crippen molar-refractivity contribution in [1.29, 1.82) is 0 Å². The van der Waals surface area contributed by atoms with Gasteiger partial charge in [0.1, 0.15) is 5.69 Å². The van der Waals surface area contributed by atoms with Crippen molar-refractivity contribution in [3.05, 3.63) is 29.6 Å². The van der Waals surface area contributed by atoms with Crippen LogP contribution in [-0.4, -0.2) is 53.7 Å². The van der Waals surface area contributed by atoms with Crippen molar-refractivity contribution in [2.75, 3.05) is 26.8 Å². The lowest BCUT2D eigenvalue weighted by Crippen LogP contribution is -2.39. The zero-order valence-electron chi connectivity index (χ0n) is 11.4. The first-order valence-corrected chi connectivity index (χ1v) is 6.59. The van der Waals surface area contributed by atoms with Gasteiger partial charge in [0.05, 0.1) is 5.56 Å². The summed E-state index contributed by atoms with van der Waals surface area (Å²) in [6, 6.07) is 2.87. The number of carboxylic acids is 1. The van der Waals surface area contributed by atoms with Gasteiger partial charge in [0.25, 0.3) is 5.91 Å². The minimum absolute atomic E-state index is 0.0837. The van der Waals surface area contributed by atoms with E-state index in [0.717, 1.165) is 19.4 Å². The number of carboxylic acid groups (broad SMARTS) is 1. The number of amides is 1. The molecule has 1 saturated heterocycles. The van der Waals surface area contributed by atoms with Crippen LogP contribution in [0.25, 0.3) is 0 Å². The van der Waals surface area contributed by atoms with E-state index < -0.39 is 5.97 Å². The summed E-state index contributed by atoms with van der Waals surface area (Å²) in [6.07, 6.45) is 3.06. The summed E-state index contributed by atoms with van der Waals surface area (Å²) >= 11 is 0. The molecule has 2 heterocycles. The largest absolute Gasteiger partial charge is 0.478 e. The number of hydrogen-bond donors (Lipinski definition) is 1. The van der Waals surface area contributed by atoms with E-state index in [1.165, 1.54) is 18.3 Å². The van der Waals surface area contributed by atoms with Crippen LogP contribution in [0.2, 0.25) is 0 Å². The molecule has 1 aromatic heterocycles. The first kappa shape index (κ1) is 14.5. The molecule has 1 aliphatic heterocycles. The van der Waals surface area contributed by atoms with Gasteiger partial charge in [0, 0.05) is 33.0 Å². The number of piperidine rings is 1. The van der Waals surface area contributed by atoms with Gasteiger partial charge < -0.3 is 14.7 Å². The topological polar surface area (TPSA) is 79.7 Å². The van der Waals surface area contributed by atoms with Gasteiger partial charge >= 0.3 is 5.97 Å². The molecule has 0 aromatic carbocycles. The molecule has 1 aromatic rings. The zero-order valence-corrected chi connectivity index (χ0v) is 11.4. The zero-order chi connectivity index (χ0) is 14.5. The Morgan fingerprint density at radius 2 is 2.10 bits per heavy atom. The van der Waals surface area contributed by atoms with Crippen LogP contribution >= 0.6 is 0 Å². The molecule has 1 amide bonds.